The third-order valence-electron chi connectivity index (χ3n) is 1.85. The monoisotopic (exact) mass is 216 g/mol. The number of halogens is 2. The summed E-state index contributed by atoms with van der Waals surface area (Å²) < 4.78 is 13.0. The average Bonchev–Trinajstić information content (AvgIpc) is 2.11. The van der Waals surface area contributed by atoms with Crippen LogP contribution in [0.5, 0.6) is 0 Å². The molecule has 3 nitrogen and oxygen atoms in total. The Morgan fingerprint density at radius 1 is 1.64 bits per heavy atom. The molecule has 0 aliphatic rings. The Kier molecular flexibility index (Phi) is 3.43. The van der Waals surface area contributed by atoms with Crippen LogP contribution in [0.1, 0.15) is 11.6 Å². The molecule has 1 unspecified atom stereocenters. The van der Waals surface area contributed by atoms with Crippen LogP contribution in [0.25, 0.3) is 0 Å². The lowest BCUT2D eigenvalue weighted by molar-refractivity contribution is -0.120. The summed E-state index contributed by atoms with van der Waals surface area (Å²) in [6.45, 7) is 0. The third-order valence-corrected chi connectivity index (χ3v) is 2.16. The van der Waals surface area contributed by atoms with Crippen LogP contribution in [-0.4, -0.2) is 13.0 Å². The quantitative estimate of drug-likeness (QED) is 0.799. The van der Waals surface area contributed by atoms with Crippen LogP contribution in [0.15, 0.2) is 18.2 Å². The van der Waals surface area contributed by atoms with Crippen molar-refractivity contribution in [3.63, 3.8) is 0 Å². The molecule has 1 atom stereocenters. The zero-order valence-corrected chi connectivity index (χ0v) is 8.31. The Balaban J connectivity index is 3.06. The standard InChI is InChI=1S/C9H10ClFN2O/c1-13-8(9(12)14)5-2-3-6(10)7(11)4-5/h2-4,8,13H,1H3,(H2,12,14). The van der Waals surface area contributed by atoms with Crippen LogP contribution in [0.4, 0.5) is 4.39 Å². The number of primary amides is 1. The molecule has 0 heterocycles. The molecule has 0 aliphatic heterocycles. The fraction of sp³-hybridized carbons (Fsp3) is 0.222. The average molecular weight is 217 g/mol. The van der Waals surface area contributed by atoms with Crippen molar-refractivity contribution in [3.05, 3.63) is 34.6 Å². The minimum atomic E-state index is -0.693. The Labute approximate surface area is 86.0 Å². The largest absolute Gasteiger partial charge is 0.368 e. The van der Waals surface area contributed by atoms with Gasteiger partial charge in [-0.05, 0) is 24.7 Å². The summed E-state index contributed by atoms with van der Waals surface area (Å²) in [5, 5.41) is 2.70. The molecule has 1 amide bonds. The maximum absolute atomic E-state index is 13.0. The van der Waals surface area contributed by atoms with Gasteiger partial charge < -0.3 is 11.1 Å². The molecule has 0 spiro atoms. The maximum Gasteiger partial charge on any atom is 0.239 e. The van der Waals surface area contributed by atoms with Crippen molar-refractivity contribution in [2.24, 2.45) is 5.73 Å². The second-order valence-corrected chi connectivity index (χ2v) is 3.20. The first-order chi connectivity index (χ1) is 6.56. The van der Waals surface area contributed by atoms with E-state index in [0.717, 1.165) is 0 Å². The molecule has 76 valence electrons. The van der Waals surface area contributed by atoms with Gasteiger partial charge in [0, 0.05) is 0 Å². The Morgan fingerprint density at radius 2 is 2.29 bits per heavy atom. The van der Waals surface area contributed by atoms with E-state index in [1.165, 1.54) is 12.1 Å². The van der Waals surface area contributed by atoms with Crippen molar-refractivity contribution in [2.45, 2.75) is 6.04 Å². The van der Waals surface area contributed by atoms with Gasteiger partial charge in [-0.1, -0.05) is 17.7 Å². The summed E-state index contributed by atoms with van der Waals surface area (Å²) in [7, 11) is 1.57. The summed E-state index contributed by atoms with van der Waals surface area (Å²) in [5.74, 6) is -1.13. The van der Waals surface area contributed by atoms with Crippen LogP contribution in [0, 0.1) is 5.82 Å². The second kappa shape index (κ2) is 4.39. The molecular weight excluding hydrogens is 207 g/mol. The first-order valence-corrected chi connectivity index (χ1v) is 4.35. The van der Waals surface area contributed by atoms with E-state index in [1.807, 2.05) is 0 Å². The number of carbonyl (C=O) groups is 1. The number of carbonyl (C=O) groups excluding carboxylic acids is 1. The summed E-state index contributed by atoms with van der Waals surface area (Å²) in [6.07, 6.45) is 0. The zero-order chi connectivity index (χ0) is 10.7. The summed E-state index contributed by atoms with van der Waals surface area (Å²) in [6, 6.07) is 3.44. The number of nitrogens with two attached hydrogens (primary N) is 1. The van der Waals surface area contributed by atoms with Crippen LogP contribution >= 0.6 is 11.6 Å². The van der Waals surface area contributed by atoms with Gasteiger partial charge in [-0.15, -0.1) is 0 Å². The highest BCUT2D eigenvalue weighted by Crippen LogP contribution is 2.19. The molecule has 1 aromatic carbocycles. The molecule has 0 saturated carbocycles. The van der Waals surface area contributed by atoms with Crippen molar-refractivity contribution < 1.29 is 9.18 Å². The molecular formula is C9H10ClFN2O. The highest BCUT2D eigenvalue weighted by atomic mass is 35.5. The smallest absolute Gasteiger partial charge is 0.239 e. The van der Waals surface area contributed by atoms with Gasteiger partial charge >= 0.3 is 0 Å². The van der Waals surface area contributed by atoms with E-state index in [1.54, 1.807) is 13.1 Å². The molecule has 0 aromatic heterocycles. The van der Waals surface area contributed by atoms with E-state index in [0.29, 0.717) is 5.56 Å². The molecule has 3 N–H and O–H groups in total. The number of hydrogen-bond donors (Lipinski definition) is 2. The maximum atomic E-state index is 13.0. The molecule has 0 bridgehead atoms. The topological polar surface area (TPSA) is 55.1 Å². The lowest BCUT2D eigenvalue weighted by Crippen LogP contribution is -2.31. The van der Waals surface area contributed by atoms with E-state index in [9.17, 15) is 9.18 Å². The van der Waals surface area contributed by atoms with E-state index in [-0.39, 0.29) is 5.02 Å². The lowest BCUT2D eigenvalue weighted by Gasteiger charge is -2.12. The minimum absolute atomic E-state index is 0.0214. The third kappa shape index (κ3) is 2.21. The lowest BCUT2D eigenvalue weighted by atomic mass is 10.1. The van der Waals surface area contributed by atoms with Gasteiger partial charge in [0.2, 0.25) is 5.91 Å². The minimum Gasteiger partial charge on any atom is -0.368 e. The number of likely N-dealkylation sites (N-methyl/N-ethyl adjacent to an activating group) is 1. The first-order valence-electron chi connectivity index (χ1n) is 3.97. The van der Waals surface area contributed by atoms with Gasteiger partial charge in [-0.3, -0.25) is 4.79 Å². The van der Waals surface area contributed by atoms with E-state index >= 15 is 0 Å². The van der Waals surface area contributed by atoms with Crippen molar-refractivity contribution in [3.8, 4) is 0 Å². The van der Waals surface area contributed by atoms with Gasteiger partial charge in [0.05, 0.1) is 5.02 Å². The number of hydrogen-bond acceptors (Lipinski definition) is 2. The molecule has 14 heavy (non-hydrogen) atoms. The molecule has 0 saturated heterocycles. The number of benzene rings is 1. The molecule has 0 radical (unpaired) electrons. The summed E-state index contributed by atoms with van der Waals surface area (Å²) in [4.78, 5) is 10.9. The molecule has 1 rings (SSSR count). The van der Waals surface area contributed by atoms with Crippen molar-refractivity contribution >= 4 is 17.5 Å². The van der Waals surface area contributed by atoms with Crippen molar-refractivity contribution in [1.29, 1.82) is 0 Å². The van der Waals surface area contributed by atoms with Crippen LogP contribution in [-0.2, 0) is 4.79 Å². The number of nitrogens with one attached hydrogen (secondary N) is 1. The molecule has 0 fully saturated rings. The molecule has 5 heteroatoms. The highest BCUT2D eigenvalue weighted by Gasteiger charge is 2.16. The van der Waals surface area contributed by atoms with Gasteiger partial charge in [0.15, 0.2) is 0 Å². The van der Waals surface area contributed by atoms with Crippen molar-refractivity contribution in [2.75, 3.05) is 7.05 Å². The predicted octanol–water partition coefficient (Wildman–Crippen LogP) is 1.22. The van der Waals surface area contributed by atoms with Crippen LogP contribution in [0.2, 0.25) is 5.02 Å². The van der Waals surface area contributed by atoms with E-state index in [4.69, 9.17) is 17.3 Å². The highest BCUT2D eigenvalue weighted by molar-refractivity contribution is 6.30. The van der Waals surface area contributed by atoms with Gasteiger partial charge in [0.25, 0.3) is 0 Å². The van der Waals surface area contributed by atoms with Gasteiger partial charge in [-0.2, -0.15) is 0 Å². The van der Waals surface area contributed by atoms with Gasteiger partial charge in [0.1, 0.15) is 11.9 Å². The zero-order valence-electron chi connectivity index (χ0n) is 7.55. The molecule has 1 aromatic rings. The number of amides is 1. The first kappa shape index (κ1) is 10.9. The van der Waals surface area contributed by atoms with Gasteiger partial charge in [-0.25, -0.2) is 4.39 Å². The fourth-order valence-electron chi connectivity index (χ4n) is 1.17. The van der Waals surface area contributed by atoms with E-state index < -0.39 is 17.8 Å². The SMILES string of the molecule is CNC(C(N)=O)c1ccc(Cl)c(F)c1. The predicted molar refractivity (Wildman–Crippen MR) is 52.4 cm³/mol. The van der Waals surface area contributed by atoms with Crippen LogP contribution < -0.4 is 11.1 Å². The fourth-order valence-corrected chi connectivity index (χ4v) is 1.28. The molecule has 0 aliphatic carbocycles. The van der Waals surface area contributed by atoms with E-state index in [2.05, 4.69) is 5.32 Å². The number of rotatable bonds is 3. The second-order valence-electron chi connectivity index (χ2n) is 2.80. The van der Waals surface area contributed by atoms with Crippen molar-refractivity contribution in [1.82, 2.24) is 5.32 Å². The Morgan fingerprint density at radius 3 is 2.71 bits per heavy atom. The summed E-state index contributed by atoms with van der Waals surface area (Å²) in [5.41, 5.74) is 5.57. The van der Waals surface area contributed by atoms with Crippen LogP contribution in [0.3, 0.4) is 0 Å². The summed E-state index contributed by atoms with van der Waals surface area (Å²) >= 11 is 5.50. The Hall–Kier alpha value is -1.13. The Bertz CT molecular complexity index is 357. The normalized spacial score (nSPS) is 12.5.